The molecule has 1 aliphatic carbocycles. The Bertz CT molecular complexity index is 1040. The molecule has 0 fully saturated rings. The smallest absolute Gasteiger partial charge is 0.167 e. The van der Waals surface area contributed by atoms with Gasteiger partial charge in [0.1, 0.15) is 0 Å². The number of Topliss-reactive ketones (excluding diaryl/α,β-unsaturated/α-hetero) is 1. The van der Waals surface area contributed by atoms with Gasteiger partial charge in [-0.3, -0.25) is 9.78 Å². The van der Waals surface area contributed by atoms with Crippen LogP contribution < -0.4 is 5.32 Å². The fourth-order valence-electron chi connectivity index (χ4n) is 4.03. The highest BCUT2D eigenvalue weighted by Crippen LogP contribution is 2.43. The third-order valence-corrected chi connectivity index (χ3v) is 5.31. The summed E-state index contributed by atoms with van der Waals surface area (Å²) in [5, 5.41) is 13.2. The Morgan fingerprint density at radius 1 is 1.18 bits per heavy atom. The number of hydrogen-bond donors (Lipinski definition) is 3. The Labute approximate surface area is 164 Å². The van der Waals surface area contributed by atoms with Gasteiger partial charge in [-0.1, -0.05) is 31.5 Å². The van der Waals surface area contributed by atoms with E-state index in [2.05, 4.69) is 29.1 Å². The van der Waals surface area contributed by atoms with Gasteiger partial charge in [0.05, 0.1) is 23.6 Å². The Hall–Kier alpha value is -2.92. The van der Waals surface area contributed by atoms with Gasteiger partial charge in [-0.05, 0) is 37.0 Å². The minimum absolute atomic E-state index is 0.0673. The molecule has 1 aliphatic rings. The molecule has 4 rings (SSSR count). The van der Waals surface area contributed by atoms with E-state index in [-0.39, 0.29) is 17.8 Å². The molecule has 0 atom stereocenters. The van der Waals surface area contributed by atoms with Crippen LogP contribution in [0, 0.1) is 12.3 Å². The van der Waals surface area contributed by atoms with Gasteiger partial charge in [0.25, 0.3) is 0 Å². The summed E-state index contributed by atoms with van der Waals surface area (Å²) >= 11 is 0. The first-order valence-electron chi connectivity index (χ1n) is 9.54. The number of benzene rings is 1. The molecule has 3 aromatic rings. The number of carbonyl (C=O) groups excluding carboxylic acids is 1. The lowest BCUT2D eigenvalue weighted by atomic mass is 9.76. The minimum Gasteiger partial charge on any atom is -0.392 e. The SMILES string of the molecule is Cc1ccc(Nc2c(-c3ccncc3)[nH]c3c2C(=O)CC(C)(C)C3)c(CO)c1. The molecule has 1 aromatic carbocycles. The molecule has 0 saturated carbocycles. The molecular weight excluding hydrogens is 350 g/mol. The largest absolute Gasteiger partial charge is 0.392 e. The Morgan fingerprint density at radius 2 is 1.93 bits per heavy atom. The topological polar surface area (TPSA) is 78.0 Å². The van der Waals surface area contributed by atoms with Crippen LogP contribution in [0.2, 0.25) is 0 Å². The number of fused-ring (bicyclic) bond motifs is 1. The highest BCUT2D eigenvalue weighted by molar-refractivity contribution is 6.07. The number of ketones is 1. The highest BCUT2D eigenvalue weighted by Gasteiger charge is 2.35. The highest BCUT2D eigenvalue weighted by atomic mass is 16.3. The van der Waals surface area contributed by atoms with Crippen LogP contribution in [0.5, 0.6) is 0 Å². The fourth-order valence-corrected chi connectivity index (χ4v) is 4.03. The quantitative estimate of drug-likeness (QED) is 0.613. The van der Waals surface area contributed by atoms with Crippen LogP contribution in [0.15, 0.2) is 42.7 Å². The third kappa shape index (κ3) is 3.34. The first-order chi connectivity index (χ1) is 13.4. The molecule has 5 nitrogen and oxygen atoms in total. The van der Waals surface area contributed by atoms with E-state index in [0.717, 1.165) is 51.4 Å². The maximum atomic E-state index is 13.0. The summed E-state index contributed by atoms with van der Waals surface area (Å²) in [6.45, 7) is 6.17. The van der Waals surface area contributed by atoms with Gasteiger partial charge in [0.2, 0.25) is 0 Å². The first-order valence-corrected chi connectivity index (χ1v) is 9.54. The standard InChI is InChI=1S/C23H25N3O2/c1-14-4-5-17(16(10-14)13-27)25-22-20-18(11-23(2,3)12-19(20)28)26-21(22)15-6-8-24-9-7-15/h4-10,25-27H,11-13H2,1-3H3. The minimum atomic E-state index is -0.0676. The predicted octanol–water partition coefficient (Wildman–Crippen LogP) is 4.78. The molecule has 0 amide bonds. The molecule has 2 aromatic heterocycles. The number of aryl methyl sites for hydroxylation is 1. The Balaban J connectivity index is 1.88. The zero-order chi connectivity index (χ0) is 19.9. The molecule has 0 radical (unpaired) electrons. The van der Waals surface area contributed by atoms with E-state index in [1.54, 1.807) is 12.4 Å². The summed E-state index contributed by atoms with van der Waals surface area (Å²) < 4.78 is 0. The van der Waals surface area contributed by atoms with Crippen molar-refractivity contribution in [2.24, 2.45) is 5.41 Å². The summed E-state index contributed by atoms with van der Waals surface area (Å²) in [6, 6.07) is 9.77. The number of H-pyrrole nitrogens is 1. The van der Waals surface area contributed by atoms with Gasteiger partial charge >= 0.3 is 0 Å². The fraction of sp³-hybridized carbons (Fsp3) is 0.304. The maximum absolute atomic E-state index is 13.0. The van der Waals surface area contributed by atoms with Crippen molar-refractivity contribution in [3.63, 3.8) is 0 Å². The number of anilines is 2. The molecule has 3 N–H and O–H groups in total. The summed E-state index contributed by atoms with van der Waals surface area (Å²) in [7, 11) is 0. The number of hydrogen-bond acceptors (Lipinski definition) is 4. The van der Waals surface area contributed by atoms with E-state index < -0.39 is 0 Å². The average molecular weight is 375 g/mol. The number of carbonyl (C=O) groups is 1. The number of aromatic nitrogens is 2. The average Bonchev–Trinajstić information content (AvgIpc) is 3.01. The molecule has 144 valence electrons. The van der Waals surface area contributed by atoms with Crippen LogP contribution in [-0.2, 0) is 13.0 Å². The van der Waals surface area contributed by atoms with E-state index in [0.29, 0.717) is 6.42 Å². The molecule has 0 aliphatic heterocycles. The van der Waals surface area contributed by atoms with Crippen molar-refractivity contribution in [1.29, 1.82) is 0 Å². The number of nitrogens with zero attached hydrogens (tertiary/aromatic N) is 1. The van der Waals surface area contributed by atoms with E-state index in [4.69, 9.17) is 0 Å². The van der Waals surface area contributed by atoms with Crippen LogP contribution >= 0.6 is 0 Å². The summed E-state index contributed by atoms with van der Waals surface area (Å²) in [6.07, 6.45) is 4.82. The molecule has 2 heterocycles. The monoisotopic (exact) mass is 375 g/mol. The zero-order valence-electron chi connectivity index (χ0n) is 16.5. The molecule has 28 heavy (non-hydrogen) atoms. The Kier molecular flexibility index (Phi) is 4.55. The van der Waals surface area contributed by atoms with Gasteiger partial charge in [-0.25, -0.2) is 0 Å². The van der Waals surface area contributed by atoms with Crippen molar-refractivity contribution in [3.8, 4) is 11.3 Å². The van der Waals surface area contributed by atoms with E-state index in [9.17, 15) is 9.90 Å². The lowest BCUT2D eigenvalue weighted by Gasteiger charge is -2.28. The summed E-state index contributed by atoms with van der Waals surface area (Å²) in [5.74, 6) is 0.142. The maximum Gasteiger partial charge on any atom is 0.167 e. The number of nitrogens with one attached hydrogen (secondary N) is 2. The Morgan fingerprint density at radius 3 is 2.64 bits per heavy atom. The van der Waals surface area contributed by atoms with Crippen molar-refractivity contribution in [1.82, 2.24) is 9.97 Å². The van der Waals surface area contributed by atoms with Crippen LogP contribution in [0.1, 0.15) is 47.4 Å². The van der Waals surface area contributed by atoms with E-state index >= 15 is 0 Å². The van der Waals surface area contributed by atoms with Gasteiger partial charge < -0.3 is 15.4 Å². The molecular formula is C23H25N3O2. The van der Waals surface area contributed by atoms with E-state index in [1.807, 2.05) is 37.3 Å². The lowest BCUT2D eigenvalue weighted by Crippen LogP contribution is -2.26. The number of aliphatic hydroxyl groups excluding tert-OH is 1. The van der Waals surface area contributed by atoms with Gasteiger partial charge in [-0.2, -0.15) is 0 Å². The van der Waals surface area contributed by atoms with Crippen LogP contribution in [0.25, 0.3) is 11.3 Å². The third-order valence-electron chi connectivity index (χ3n) is 5.31. The van der Waals surface area contributed by atoms with Gasteiger partial charge in [-0.15, -0.1) is 0 Å². The van der Waals surface area contributed by atoms with Crippen molar-refractivity contribution in [3.05, 3.63) is 65.1 Å². The summed E-state index contributed by atoms with van der Waals surface area (Å²) in [4.78, 5) is 20.7. The first kappa shape index (κ1) is 18.4. The van der Waals surface area contributed by atoms with Crippen molar-refractivity contribution >= 4 is 17.2 Å². The van der Waals surface area contributed by atoms with Gasteiger partial charge in [0, 0.05) is 41.3 Å². The summed E-state index contributed by atoms with van der Waals surface area (Å²) in [5.41, 5.74) is 6.95. The van der Waals surface area contributed by atoms with Crippen LogP contribution in [0.4, 0.5) is 11.4 Å². The van der Waals surface area contributed by atoms with Gasteiger partial charge in [0.15, 0.2) is 5.78 Å². The number of pyridine rings is 1. The zero-order valence-corrected chi connectivity index (χ0v) is 16.5. The van der Waals surface area contributed by atoms with Crippen molar-refractivity contribution < 1.29 is 9.90 Å². The second-order valence-corrected chi connectivity index (χ2v) is 8.35. The molecule has 5 heteroatoms. The normalized spacial score (nSPS) is 15.4. The molecule has 0 saturated heterocycles. The number of aromatic amines is 1. The second kappa shape index (κ2) is 6.91. The predicted molar refractivity (Wildman–Crippen MR) is 111 cm³/mol. The number of rotatable bonds is 4. The second-order valence-electron chi connectivity index (χ2n) is 8.35. The molecule has 0 bridgehead atoms. The van der Waals surface area contributed by atoms with Crippen LogP contribution in [-0.4, -0.2) is 20.9 Å². The van der Waals surface area contributed by atoms with Crippen molar-refractivity contribution in [2.75, 3.05) is 5.32 Å². The molecule has 0 unspecified atom stereocenters. The van der Waals surface area contributed by atoms with E-state index in [1.165, 1.54) is 0 Å². The van der Waals surface area contributed by atoms with Crippen molar-refractivity contribution in [2.45, 2.75) is 40.2 Å². The lowest BCUT2D eigenvalue weighted by molar-refractivity contribution is 0.0912. The molecule has 0 spiro atoms. The van der Waals surface area contributed by atoms with Crippen LogP contribution in [0.3, 0.4) is 0 Å². The number of aliphatic hydroxyl groups is 1.